The largest absolute Gasteiger partial charge is 0.507 e. The quantitative estimate of drug-likeness (QED) is 0.741. The fourth-order valence-electron chi connectivity index (χ4n) is 1.85. The van der Waals surface area contributed by atoms with Gasteiger partial charge in [-0.25, -0.2) is 0 Å². The van der Waals surface area contributed by atoms with Gasteiger partial charge < -0.3 is 9.52 Å². The number of aromatic hydroxyl groups is 1. The maximum atomic E-state index is 12.0. The van der Waals surface area contributed by atoms with Crippen LogP contribution in [0.15, 0.2) is 45.6 Å². The molecule has 1 heterocycles. The molecule has 0 saturated carbocycles. The Morgan fingerprint density at radius 3 is 2.75 bits per heavy atom. The Morgan fingerprint density at radius 1 is 1.15 bits per heavy atom. The number of aromatic nitrogens is 1. The highest BCUT2D eigenvalue weighted by molar-refractivity contribution is 6.34. The third-order valence-electron chi connectivity index (χ3n) is 2.79. The van der Waals surface area contributed by atoms with Crippen molar-refractivity contribution in [3.05, 3.63) is 56.8 Å². The number of phenolic OH excluding ortho intramolecular Hbond substituents is 1. The zero-order valence-corrected chi connectivity index (χ0v) is 11.4. The van der Waals surface area contributed by atoms with Gasteiger partial charge in [-0.3, -0.25) is 4.79 Å². The number of nitrogens with zero attached hydrogens (tertiary/aromatic N) is 1. The van der Waals surface area contributed by atoms with Crippen LogP contribution in [-0.4, -0.2) is 10.1 Å². The molecule has 3 aromatic rings. The standard InChI is InChI=1S/C14H7Cl2NO3/c15-7-4-5-11(18)9(6-7)14-17-13(19)8-2-1-3-10(16)12(8)20-14/h1-6,18H. The van der Waals surface area contributed by atoms with E-state index < -0.39 is 5.56 Å². The second-order valence-corrected chi connectivity index (χ2v) is 4.95. The van der Waals surface area contributed by atoms with Gasteiger partial charge in [0.2, 0.25) is 5.89 Å². The van der Waals surface area contributed by atoms with Crippen molar-refractivity contribution in [2.75, 3.05) is 0 Å². The Hall–Kier alpha value is -2.04. The van der Waals surface area contributed by atoms with Gasteiger partial charge in [-0.2, -0.15) is 4.98 Å². The van der Waals surface area contributed by atoms with Crippen LogP contribution < -0.4 is 5.56 Å². The lowest BCUT2D eigenvalue weighted by molar-refractivity contribution is 0.473. The van der Waals surface area contributed by atoms with Gasteiger partial charge in [-0.05, 0) is 30.3 Å². The molecule has 6 heteroatoms. The number of phenols is 1. The monoisotopic (exact) mass is 307 g/mol. The predicted molar refractivity (Wildman–Crippen MR) is 77.4 cm³/mol. The van der Waals surface area contributed by atoms with Crippen molar-refractivity contribution in [2.45, 2.75) is 0 Å². The summed E-state index contributed by atoms with van der Waals surface area (Å²) in [4.78, 5) is 15.8. The van der Waals surface area contributed by atoms with Gasteiger partial charge in [0.25, 0.3) is 5.56 Å². The molecule has 0 spiro atoms. The van der Waals surface area contributed by atoms with Crippen LogP contribution in [0.2, 0.25) is 10.0 Å². The van der Waals surface area contributed by atoms with E-state index in [0.29, 0.717) is 10.0 Å². The van der Waals surface area contributed by atoms with Crippen molar-refractivity contribution >= 4 is 34.2 Å². The van der Waals surface area contributed by atoms with E-state index in [9.17, 15) is 9.90 Å². The fourth-order valence-corrected chi connectivity index (χ4v) is 2.23. The molecule has 0 radical (unpaired) electrons. The van der Waals surface area contributed by atoms with Gasteiger partial charge >= 0.3 is 0 Å². The van der Waals surface area contributed by atoms with E-state index >= 15 is 0 Å². The van der Waals surface area contributed by atoms with Crippen LogP contribution in [0.3, 0.4) is 0 Å². The van der Waals surface area contributed by atoms with Crippen LogP contribution in [-0.2, 0) is 0 Å². The molecule has 4 nitrogen and oxygen atoms in total. The van der Waals surface area contributed by atoms with Crippen molar-refractivity contribution in [2.24, 2.45) is 0 Å². The van der Waals surface area contributed by atoms with E-state index in [4.69, 9.17) is 27.6 Å². The van der Waals surface area contributed by atoms with Gasteiger partial charge in [-0.1, -0.05) is 29.3 Å². The van der Waals surface area contributed by atoms with Crippen molar-refractivity contribution in [3.8, 4) is 17.2 Å². The summed E-state index contributed by atoms with van der Waals surface area (Å²) in [6, 6.07) is 9.20. The normalized spacial score (nSPS) is 10.9. The molecule has 0 aliphatic carbocycles. The van der Waals surface area contributed by atoms with Crippen molar-refractivity contribution < 1.29 is 9.52 Å². The molecule has 3 rings (SSSR count). The van der Waals surface area contributed by atoms with E-state index in [1.165, 1.54) is 18.2 Å². The molecular formula is C14H7Cl2NO3. The van der Waals surface area contributed by atoms with Crippen molar-refractivity contribution in [1.82, 2.24) is 4.98 Å². The highest BCUT2D eigenvalue weighted by Gasteiger charge is 2.14. The average molecular weight is 308 g/mol. The SMILES string of the molecule is O=c1nc(-c2cc(Cl)ccc2O)oc2c(Cl)cccc12. The van der Waals surface area contributed by atoms with E-state index in [-0.39, 0.29) is 28.2 Å². The van der Waals surface area contributed by atoms with Crippen LogP contribution in [0.4, 0.5) is 0 Å². The van der Waals surface area contributed by atoms with Gasteiger partial charge in [-0.15, -0.1) is 0 Å². The van der Waals surface area contributed by atoms with E-state index in [0.717, 1.165) is 0 Å². The predicted octanol–water partition coefficient (Wildman–Crippen LogP) is 3.87. The second kappa shape index (κ2) is 4.81. The Morgan fingerprint density at radius 2 is 1.95 bits per heavy atom. The van der Waals surface area contributed by atoms with E-state index in [1.807, 2.05) is 0 Å². The number of benzene rings is 2. The summed E-state index contributed by atoms with van der Waals surface area (Å²) in [5.74, 6) is -0.118. The van der Waals surface area contributed by atoms with Crippen LogP contribution in [0.25, 0.3) is 22.4 Å². The average Bonchev–Trinajstić information content (AvgIpc) is 2.42. The lowest BCUT2D eigenvalue weighted by Gasteiger charge is -2.05. The maximum absolute atomic E-state index is 12.0. The first kappa shape index (κ1) is 13.0. The summed E-state index contributed by atoms with van der Waals surface area (Å²) in [6.07, 6.45) is 0. The molecule has 0 aliphatic rings. The van der Waals surface area contributed by atoms with Crippen LogP contribution in [0.5, 0.6) is 5.75 Å². The Balaban J connectivity index is 2.35. The minimum Gasteiger partial charge on any atom is -0.507 e. The summed E-state index contributed by atoms with van der Waals surface area (Å²) in [6.45, 7) is 0. The smallest absolute Gasteiger partial charge is 0.284 e. The summed E-state index contributed by atoms with van der Waals surface area (Å²) in [5, 5.41) is 10.8. The number of hydrogen-bond donors (Lipinski definition) is 1. The van der Waals surface area contributed by atoms with Crippen molar-refractivity contribution in [1.29, 1.82) is 0 Å². The molecule has 0 amide bonds. The lowest BCUT2D eigenvalue weighted by atomic mass is 10.2. The lowest BCUT2D eigenvalue weighted by Crippen LogP contribution is -2.07. The molecule has 0 saturated heterocycles. The number of hydrogen-bond acceptors (Lipinski definition) is 4. The highest BCUT2D eigenvalue weighted by atomic mass is 35.5. The first-order valence-electron chi connectivity index (χ1n) is 5.64. The van der Waals surface area contributed by atoms with E-state index in [2.05, 4.69) is 4.98 Å². The van der Waals surface area contributed by atoms with Gasteiger partial charge in [0.1, 0.15) is 5.75 Å². The molecule has 1 aromatic heterocycles. The molecule has 0 aliphatic heterocycles. The molecule has 0 atom stereocenters. The second-order valence-electron chi connectivity index (χ2n) is 4.10. The fraction of sp³-hybridized carbons (Fsp3) is 0. The third-order valence-corrected chi connectivity index (χ3v) is 3.32. The van der Waals surface area contributed by atoms with Crippen LogP contribution in [0.1, 0.15) is 0 Å². The summed E-state index contributed by atoms with van der Waals surface area (Å²) < 4.78 is 5.53. The Kier molecular flexibility index (Phi) is 3.12. The number of fused-ring (bicyclic) bond motifs is 1. The topological polar surface area (TPSA) is 63.3 Å². The molecular weight excluding hydrogens is 301 g/mol. The van der Waals surface area contributed by atoms with Gasteiger partial charge in [0, 0.05) is 5.02 Å². The first-order valence-corrected chi connectivity index (χ1v) is 6.40. The number of para-hydroxylation sites is 1. The molecule has 0 fully saturated rings. The molecule has 0 unspecified atom stereocenters. The molecule has 100 valence electrons. The zero-order chi connectivity index (χ0) is 14.3. The highest BCUT2D eigenvalue weighted by Crippen LogP contribution is 2.32. The van der Waals surface area contributed by atoms with Crippen LogP contribution in [0, 0.1) is 0 Å². The maximum Gasteiger partial charge on any atom is 0.284 e. The summed E-state index contributed by atoms with van der Waals surface area (Å²) in [7, 11) is 0. The van der Waals surface area contributed by atoms with Gasteiger partial charge in [0.05, 0.1) is 16.0 Å². The Bertz CT molecular complexity index is 874. The number of rotatable bonds is 1. The van der Waals surface area contributed by atoms with E-state index in [1.54, 1.807) is 18.2 Å². The van der Waals surface area contributed by atoms with Crippen LogP contribution >= 0.6 is 23.2 Å². The minimum atomic E-state index is -0.483. The molecule has 2 aromatic carbocycles. The minimum absolute atomic E-state index is 0.0319. The Labute approximate surface area is 123 Å². The zero-order valence-electron chi connectivity index (χ0n) is 9.93. The molecule has 0 bridgehead atoms. The first-order chi connectivity index (χ1) is 9.56. The van der Waals surface area contributed by atoms with Gasteiger partial charge in [0.15, 0.2) is 5.58 Å². The third kappa shape index (κ3) is 2.13. The molecule has 20 heavy (non-hydrogen) atoms. The summed E-state index contributed by atoms with van der Waals surface area (Å²) in [5.41, 5.74) is -0.0249. The molecule has 1 N–H and O–H groups in total. The number of halogens is 2. The van der Waals surface area contributed by atoms with Crippen molar-refractivity contribution in [3.63, 3.8) is 0 Å². The summed E-state index contributed by atoms with van der Waals surface area (Å²) >= 11 is 11.9.